The summed E-state index contributed by atoms with van der Waals surface area (Å²) < 4.78 is 15.8. The van der Waals surface area contributed by atoms with Crippen LogP contribution in [0.1, 0.15) is 27.2 Å². The van der Waals surface area contributed by atoms with Gasteiger partial charge in [-0.2, -0.15) is 0 Å². The molecule has 0 aromatic carbocycles. The van der Waals surface area contributed by atoms with E-state index in [0.29, 0.717) is 6.42 Å². The predicted octanol–water partition coefficient (Wildman–Crippen LogP) is 1.77. The fourth-order valence-electron chi connectivity index (χ4n) is 1.80. The highest BCUT2D eigenvalue weighted by atomic mass is 16.6. The van der Waals surface area contributed by atoms with Crippen LogP contribution in [0.3, 0.4) is 0 Å². The molecule has 0 aliphatic carbocycles. The van der Waals surface area contributed by atoms with Crippen molar-refractivity contribution in [1.82, 2.24) is 0 Å². The first-order valence-corrected chi connectivity index (χ1v) is 6.17. The van der Waals surface area contributed by atoms with Gasteiger partial charge in [0.25, 0.3) is 0 Å². The maximum Gasteiger partial charge on any atom is 0.303 e. The topological polar surface area (TPSA) is 61.8 Å². The molecule has 0 unspecified atom stereocenters. The molecule has 5 heteroatoms. The van der Waals surface area contributed by atoms with E-state index in [2.05, 4.69) is 6.58 Å². The first kappa shape index (κ1) is 15.4. The van der Waals surface area contributed by atoms with E-state index in [9.17, 15) is 9.59 Å². The van der Waals surface area contributed by atoms with E-state index in [0.717, 1.165) is 5.57 Å². The summed E-state index contributed by atoms with van der Waals surface area (Å²) in [6.07, 6.45) is 3.14. The number of hydrogen-bond acceptors (Lipinski definition) is 5. The van der Waals surface area contributed by atoms with Crippen LogP contribution in [0.25, 0.3) is 0 Å². The molecule has 3 atom stereocenters. The molecule has 5 nitrogen and oxygen atoms in total. The number of ether oxygens (including phenoxy) is 3. The van der Waals surface area contributed by atoms with Crippen molar-refractivity contribution >= 4 is 11.9 Å². The van der Waals surface area contributed by atoms with Crippen LogP contribution in [0.5, 0.6) is 0 Å². The summed E-state index contributed by atoms with van der Waals surface area (Å²) in [7, 11) is 0. The van der Waals surface area contributed by atoms with E-state index in [1.54, 1.807) is 6.08 Å². The largest absolute Gasteiger partial charge is 0.463 e. The molecular weight excluding hydrogens is 248 g/mol. The van der Waals surface area contributed by atoms with E-state index < -0.39 is 24.1 Å². The van der Waals surface area contributed by atoms with Gasteiger partial charge in [0.15, 0.2) is 0 Å². The average molecular weight is 268 g/mol. The molecule has 0 fully saturated rings. The second-order valence-electron chi connectivity index (χ2n) is 4.64. The highest BCUT2D eigenvalue weighted by Gasteiger charge is 2.30. The van der Waals surface area contributed by atoms with Gasteiger partial charge < -0.3 is 14.2 Å². The van der Waals surface area contributed by atoms with Gasteiger partial charge >= 0.3 is 11.9 Å². The molecule has 0 amide bonds. The Morgan fingerprint density at radius 1 is 1.21 bits per heavy atom. The summed E-state index contributed by atoms with van der Waals surface area (Å²) in [4.78, 5) is 21.9. The standard InChI is InChI=1S/C14H20O5/c1-9(2)7-12-5-6-13(18-11(4)16)14(19-12)8-17-10(3)15/h5-6,12-14H,1,7-8H2,2-4H3/t12-,13-,14+/m0/s1. The molecule has 0 aromatic rings. The van der Waals surface area contributed by atoms with Gasteiger partial charge in [-0.15, -0.1) is 6.58 Å². The lowest BCUT2D eigenvalue weighted by Crippen LogP contribution is -2.41. The zero-order chi connectivity index (χ0) is 14.4. The predicted molar refractivity (Wildman–Crippen MR) is 69.4 cm³/mol. The Hall–Kier alpha value is -1.62. The number of esters is 2. The van der Waals surface area contributed by atoms with Gasteiger partial charge in [0, 0.05) is 13.8 Å². The Balaban J connectivity index is 2.68. The molecule has 1 heterocycles. The van der Waals surface area contributed by atoms with E-state index in [1.165, 1.54) is 13.8 Å². The summed E-state index contributed by atoms with van der Waals surface area (Å²) in [5, 5.41) is 0. The quantitative estimate of drug-likeness (QED) is 0.561. The maximum absolute atomic E-state index is 11.0. The normalized spacial score (nSPS) is 25.7. The first-order chi connectivity index (χ1) is 8.88. The monoisotopic (exact) mass is 268 g/mol. The fourth-order valence-corrected chi connectivity index (χ4v) is 1.80. The lowest BCUT2D eigenvalue weighted by molar-refractivity contribution is -0.163. The molecule has 0 N–H and O–H groups in total. The van der Waals surface area contributed by atoms with E-state index >= 15 is 0 Å². The van der Waals surface area contributed by atoms with E-state index in [4.69, 9.17) is 14.2 Å². The van der Waals surface area contributed by atoms with Crippen molar-refractivity contribution in [2.45, 2.75) is 45.5 Å². The van der Waals surface area contributed by atoms with Crippen molar-refractivity contribution in [3.8, 4) is 0 Å². The molecule has 106 valence electrons. The fraction of sp³-hybridized carbons (Fsp3) is 0.571. The van der Waals surface area contributed by atoms with E-state index in [-0.39, 0.29) is 12.7 Å². The lowest BCUT2D eigenvalue weighted by atomic mass is 10.0. The Morgan fingerprint density at radius 2 is 1.89 bits per heavy atom. The first-order valence-electron chi connectivity index (χ1n) is 6.17. The summed E-state index contributed by atoms with van der Waals surface area (Å²) in [5.41, 5.74) is 0.992. The van der Waals surface area contributed by atoms with Gasteiger partial charge in [0.2, 0.25) is 0 Å². The Bertz CT molecular complexity index is 385. The van der Waals surface area contributed by atoms with Crippen molar-refractivity contribution in [3.63, 3.8) is 0 Å². The van der Waals surface area contributed by atoms with Crippen LogP contribution in [0.15, 0.2) is 24.3 Å². The van der Waals surface area contributed by atoms with Crippen LogP contribution in [0, 0.1) is 0 Å². The third-order valence-electron chi connectivity index (χ3n) is 2.53. The third-order valence-corrected chi connectivity index (χ3v) is 2.53. The molecular formula is C14H20O5. The summed E-state index contributed by atoms with van der Waals surface area (Å²) in [6, 6.07) is 0. The average Bonchev–Trinajstić information content (AvgIpc) is 2.27. The van der Waals surface area contributed by atoms with E-state index in [1.807, 2.05) is 13.0 Å². The van der Waals surface area contributed by atoms with Crippen molar-refractivity contribution in [2.24, 2.45) is 0 Å². The molecule has 1 rings (SSSR count). The zero-order valence-corrected chi connectivity index (χ0v) is 11.5. The van der Waals surface area contributed by atoms with Crippen LogP contribution < -0.4 is 0 Å². The molecule has 19 heavy (non-hydrogen) atoms. The van der Waals surface area contributed by atoms with Crippen LogP contribution in [-0.2, 0) is 23.8 Å². The van der Waals surface area contributed by atoms with Gasteiger partial charge in [-0.3, -0.25) is 9.59 Å². The van der Waals surface area contributed by atoms with Crippen molar-refractivity contribution in [2.75, 3.05) is 6.61 Å². The molecule has 0 saturated heterocycles. The Kier molecular flexibility index (Phi) is 5.76. The molecule has 0 spiro atoms. The summed E-state index contributed by atoms with van der Waals surface area (Å²) >= 11 is 0. The molecule has 0 bridgehead atoms. The van der Waals surface area contributed by atoms with Crippen molar-refractivity contribution in [3.05, 3.63) is 24.3 Å². The second-order valence-corrected chi connectivity index (χ2v) is 4.64. The van der Waals surface area contributed by atoms with Gasteiger partial charge in [-0.25, -0.2) is 0 Å². The Morgan fingerprint density at radius 3 is 2.42 bits per heavy atom. The highest BCUT2D eigenvalue weighted by Crippen LogP contribution is 2.20. The minimum absolute atomic E-state index is 0.0598. The maximum atomic E-state index is 11.0. The van der Waals surface area contributed by atoms with Crippen LogP contribution in [-0.4, -0.2) is 36.9 Å². The SMILES string of the molecule is C=C(C)C[C@@H]1C=C[C@H](OC(C)=O)[C@@H](COC(C)=O)O1. The number of rotatable bonds is 5. The molecule has 1 aliphatic rings. The second kappa shape index (κ2) is 7.09. The minimum atomic E-state index is -0.529. The lowest BCUT2D eigenvalue weighted by Gasteiger charge is -2.31. The van der Waals surface area contributed by atoms with Gasteiger partial charge in [-0.05, 0) is 19.4 Å². The minimum Gasteiger partial charge on any atom is -0.463 e. The Labute approximate surface area is 113 Å². The number of carbonyl (C=O) groups is 2. The van der Waals surface area contributed by atoms with Gasteiger partial charge in [-0.1, -0.05) is 11.6 Å². The highest BCUT2D eigenvalue weighted by molar-refractivity contribution is 5.66. The van der Waals surface area contributed by atoms with Crippen LogP contribution in [0.4, 0.5) is 0 Å². The smallest absolute Gasteiger partial charge is 0.303 e. The van der Waals surface area contributed by atoms with Crippen LogP contribution >= 0.6 is 0 Å². The van der Waals surface area contributed by atoms with Crippen molar-refractivity contribution in [1.29, 1.82) is 0 Å². The van der Waals surface area contributed by atoms with Crippen LogP contribution in [0.2, 0.25) is 0 Å². The number of carbonyl (C=O) groups excluding carboxylic acids is 2. The summed E-state index contributed by atoms with van der Waals surface area (Å²) in [5.74, 6) is -0.791. The number of hydrogen-bond donors (Lipinski definition) is 0. The van der Waals surface area contributed by atoms with Crippen molar-refractivity contribution < 1.29 is 23.8 Å². The van der Waals surface area contributed by atoms with Gasteiger partial charge in [0.05, 0.1) is 6.10 Å². The molecule has 0 radical (unpaired) electrons. The van der Waals surface area contributed by atoms with Gasteiger partial charge in [0.1, 0.15) is 18.8 Å². The summed E-state index contributed by atoms with van der Waals surface area (Å²) in [6.45, 7) is 8.46. The molecule has 1 aliphatic heterocycles. The molecule has 0 saturated carbocycles. The zero-order valence-electron chi connectivity index (χ0n) is 11.5. The molecule has 0 aromatic heterocycles. The third kappa shape index (κ3) is 5.70.